The van der Waals surface area contributed by atoms with Crippen LogP contribution in [0.5, 0.6) is 11.5 Å². The molecule has 1 aliphatic rings. The average Bonchev–Trinajstić information content (AvgIpc) is 3.49. The molecule has 1 amide bonds. The lowest BCUT2D eigenvalue weighted by Gasteiger charge is -2.04. The number of hydrogen-bond acceptors (Lipinski definition) is 7. The molecule has 1 aliphatic heterocycles. The summed E-state index contributed by atoms with van der Waals surface area (Å²) in [5, 5.41) is 13.8. The maximum absolute atomic E-state index is 12.5. The van der Waals surface area contributed by atoms with E-state index in [-0.39, 0.29) is 12.7 Å². The average molecular weight is 375 g/mol. The molecule has 0 radical (unpaired) electrons. The Morgan fingerprint density at radius 1 is 1.14 bits per heavy atom. The van der Waals surface area contributed by atoms with Crippen molar-refractivity contribution in [1.82, 2.24) is 29.9 Å². The van der Waals surface area contributed by atoms with E-state index in [4.69, 9.17) is 9.47 Å². The number of rotatable bonds is 4. The summed E-state index contributed by atoms with van der Waals surface area (Å²) >= 11 is 0. The molecule has 3 aromatic heterocycles. The second kappa shape index (κ2) is 6.50. The Bertz CT molecular complexity index is 1150. The zero-order valence-electron chi connectivity index (χ0n) is 14.4. The number of aromatic nitrogens is 6. The molecule has 1 aromatic carbocycles. The molecule has 0 saturated heterocycles. The van der Waals surface area contributed by atoms with Gasteiger partial charge in [0.25, 0.3) is 5.91 Å². The maximum atomic E-state index is 12.5. The van der Waals surface area contributed by atoms with E-state index in [1.807, 2.05) is 18.2 Å². The van der Waals surface area contributed by atoms with Crippen LogP contribution in [-0.2, 0) is 0 Å². The molecule has 28 heavy (non-hydrogen) atoms. The minimum absolute atomic E-state index is 0.201. The van der Waals surface area contributed by atoms with Crippen LogP contribution < -0.4 is 14.8 Å². The van der Waals surface area contributed by atoms with E-state index < -0.39 is 0 Å². The molecule has 138 valence electrons. The Morgan fingerprint density at radius 3 is 2.96 bits per heavy atom. The number of anilines is 1. The van der Waals surface area contributed by atoms with Gasteiger partial charge in [0.2, 0.25) is 6.79 Å². The third-order valence-corrected chi connectivity index (χ3v) is 4.12. The first-order chi connectivity index (χ1) is 13.8. The first kappa shape index (κ1) is 16.0. The van der Waals surface area contributed by atoms with Crippen molar-refractivity contribution in [3.63, 3.8) is 0 Å². The minimum Gasteiger partial charge on any atom is -0.454 e. The van der Waals surface area contributed by atoms with Gasteiger partial charge in [0.1, 0.15) is 17.8 Å². The van der Waals surface area contributed by atoms with E-state index in [2.05, 4.69) is 30.6 Å². The van der Waals surface area contributed by atoms with Crippen LogP contribution in [0.25, 0.3) is 17.1 Å². The largest absolute Gasteiger partial charge is 0.454 e. The van der Waals surface area contributed by atoms with Gasteiger partial charge in [-0.1, -0.05) is 0 Å². The highest BCUT2D eigenvalue weighted by atomic mass is 16.7. The van der Waals surface area contributed by atoms with Crippen LogP contribution in [0.4, 0.5) is 5.82 Å². The molecule has 5 rings (SSSR count). The number of nitrogens with one attached hydrogen (secondary N) is 2. The van der Waals surface area contributed by atoms with Gasteiger partial charge in [0.15, 0.2) is 17.3 Å². The molecule has 0 aliphatic carbocycles. The van der Waals surface area contributed by atoms with Crippen molar-refractivity contribution in [2.24, 2.45) is 0 Å². The second-order valence-corrected chi connectivity index (χ2v) is 5.90. The highest BCUT2D eigenvalue weighted by Gasteiger charge is 2.17. The van der Waals surface area contributed by atoms with Crippen molar-refractivity contribution in [1.29, 1.82) is 0 Å². The molecule has 2 N–H and O–H groups in total. The normalized spacial score (nSPS) is 12.1. The third kappa shape index (κ3) is 2.92. The summed E-state index contributed by atoms with van der Waals surface area (Å²) in [4.78, 5) is 20.7. The number of H-pyrrole nitrogens is 1. The number of hydrogen-bond donors (Lipinski definition) is 2. The fraction of sp³-hybridized carbons (Fsp3) is 0.0556. The lowest BCUT2D eigenvalue weighted by molar-refractivity contribution is 0.102. The molecule has 0 atom stereocenters. The number of carbonyl (C=O) groups is 1. The van der Waals surface area contributed by atoms with Gasteiger partial charge in [-0.05, 0) is 30.3 Å². The molecular weight excluding hydrogens is 362 g/mol. The van der Waals surface area contributed by atoms with Gasteiger partial charge in [-0.2, -0.15) is 10.2 Å². The quantitative estimate of drug-likeness (QED) is 0.560. The van der Waals surface area contributed by atoms with E-state index in [1.165, 1.54) is 6.33 Å². The standard InChI is InChI=1S/C18H13N7O3/c26-18(22-16-8-17(20-9-19-16)25-5-1-4-21-25)13-7-12(23-24-13)11-2-3-14-15(6-11)28-10-27-14/h1-9H,10H2,(H,23,24)(H,19,20,22,26). The van der Waals surface area contributed by atoms with Crippen LogP contribution >= 0.6 is 0 Å². The number of ether oxygens (including phenoxy) is 2. The van der Waals surface area contributed by atoms with Crippen molar-refractivity contribution in [2.45, 2.75) is 0 Å². The summed E-state index contributed by atoms with van der Waals surface area (Å²) in [5.41, 5.74) is 1.72. The molecule has 10 heteroatoms. The highest BCUT2D eigenvalue weighted by molar-refractivity contribution is 6.03. The Balaban J connectivity index is 1.35. The van der Waals surface area contributed by atoms with E-state index in [9.17, 15) is 4.79 Å². The van der Waals surface area contributed by atoms with Gasteiger partial charge in [0, 0.05) is 24.0 Å². The van der Waals surface area contributed by atoms with E-state index in [0.717, 1.165) is 5.56 Å². The Labute approximate surface area is 158 Å². The summed E-state index contributed by atoms with van der Waals surface area (Å²) in [7, 11) is 0. The summed E-state index contributed by atoms with van der Waals surface area (Å²) in [5.74, 6) is 1.86. The SMILES string of the molecule is O=C(Nc1cc(-n2cccn2)ncn1)c1cc(-c2ccc3c(c2)OCO3)n[nH]1. The minimum atomic E-state index is -0.371. The van der Waals surface area contributed by atoms with Crippen molar-refractivity contribution >= 4 is 11.7 Å². The Kier molecular flexibility index (Phi) is 3.72. The van der Waals surface area contributed by atoms with Gasteiger partial charge >= 0.3 is 0 Å². The third-order valence-electron chi connectivity index (χ3n) is 4.12. The summed E-state index contributed by atoms with van der Waals surface area (Å²) in [6.45, 7) is 0.201. The van der Waals surface area contributed by atoms with Crippen molar-refractivity contribution < 1.29 is 14.3 Å². The zero-order valence-corrected chi connectivity index (χ0v) is 14.4. The molecule has 0 bridgehead atoms. The number of fused-ring (bicyclic) bond motifs is 1. The number of carbonyl (C=O) groups excluding carboxylic acids is 1. The van der Waals surface area contributed by atoms with Gasteiger partial charge in [0.05, 0.1) is 5.69 Å². The van der Waals surface area contributed by atoms with Crippen LogP contribution in [0.2, 0.25) is 0 Å². The molecule has 0 fully saturated rings. The summed E-state index contributed by atoms with van der Waals surface area (Å²) in [6, 6.07) is 10.5. The summed E-state index contributed by atoms with van der Waals surface area (Å²) in [6.07, 6.45) is 4.75. The van der Waals surface area contributed by atoms with Gasteiger partial charge in [-0.3, -0.25) is 9.89 Å². The van der Waals surface area contributed by atoms with Gasteiger partial charge < -0.3 is 14.8 Å². The molecule has 0 saturated carbocycles. The van der Waals surface area contributed by atoms with Crippen LogP contribution in [0, 0.1) is 0 Å². The molecule has 4 heterocycles. The predicted molar refractivity (Wildman–Crippen MR) is 97.3 cm³/mol. The van der Waals surface area contributed by atoms with Crippen molar-refractivity contribution in [3.8, 4) is 28.6 Å². The lowest BCUT2D eigenvalue weighted by Crippen LogP contribution is -2.14. The van der Waals surface area contributed by atoms with E-state index >= 15 is 0 Å². The lowest BCUT2D eigenvalue weighted by atomic mass is 10.1. The number of aromatic amines is 1. The molecule has 4 aromatic rings. The van der Waals surface area contributed by atoms with Gasteiger partial charge in [-0.15, -0.1) is 0 Å². The topological polar surface area (TPSA) is 120 Å². The second-order valence-electron chi connectivity index (χ2n) is 5.90. The Morgan fingerprint density at radius 2 is 2.07 bits per heavy atom. The van der Waals surface area contributed by atoms with Crippen molar-refractivity contribution in [3.05, 3.63) is 60.8 Å². The fourth-order valence-corrected chi connectivity index (χ4v) is 2.77. The first-order valence-corrected chi connectivity index (χ1v) is 8.35. The smallest absolute Gasteiger partial charge is 0.274 e. The van der Waals surface area contributed by atoms with Crippen LogP contribution in [-0.4, -0.2) is 42.6 Å². The predicted octanol–water partition coefficient (Wildman–Crippen LogP) is 2.03. The molecular formula is C18H13N7O3. The number of nitrogens with zero attached hydrogens (tertiary/aromatic N) is 5. The Hall–Kier alpha value is -4.21. The van der Waals surface area contributed by atoms with Crippen molar-refractivity contribution in [2.75, 3.05) is 12.1 Å². The van der Waals surface area contributed by atoms with Crippen LogP contribution in [0.1, 0.15) is 10.5 Å². The van der Waals surface area contributed by atoms with Gasteiger partial charge in [-0.25, -0.2) is 14.6 Å². The van der Waals surface area contributed by atoms with E-state index in [0.29, 0.717) is 34.5 Å². The molecule has 0 unspecified atom stereocenters. The first-order valence-electron chi connectivity index (χ1n) is 8.35. The number of amides is 1. The molecule has 0 spiro atoms. The number of benzene rings is 1. The van der Waals surface area contributed by atoms with E-state index in [1.54, 1.807) is 35.3 Å². The maximum Gasteiger partial charge on any atom is 0.274 e. The van der Waals surface area contributed by atoms with Crippen LogP contribution in [0.3, 0.4) is 0 Å². The monoisotopic (exact) mass is 375 g/mol. The zero-order chi connectivity index (χ0) is 18.9. The fourth-order valence-electron chi connectivity index (χ4n) is 2.77. The highest BCUT2D eigenvalue weighted by Crippen LogP contribution is 2.35. The molecule has 10 nitrogen and oxygen atoms in total. The summed E-state index contributed by atoms with van der Waals surface area (Å²) < 4.78 is 12.3. The van der Waals surface area contributed by atoms with Crippen LogP contribution in [0.15, 0.2) is 55.1 Å².